The van der Waals surface area contributed by atoms with Crippen LogP contribution in [-0.2, 0) is 9.53 Å². The lowest BCUT2D eigenvalue weighted by molar-refractivity contribution is -0.131. The number of aliphatic hydroxyl groups is 1. The summed E-state index contributed by atoms with van der Waals surface area (Å²) in [6.07, 6.45) is 2.15. The summed E-state index contributed by atoms with van der Waals surface area (Å²) in [4.78, 5) is 25.3. The van der Waals surface area contributed by atoms with Crippen molar-refractivity contribution in [2.45, 2.75) is 19.1 Å². The predicted molar refractivity (Wildman–Crippen MR) is 78.3 cm³/mol. The number of aliphatic carboxylic acids is 1. The van der Waals surface area contributed by atoms with Gasteiger partial charge in [-0.3, -0.25) is 4.79 Å². The molecule has 0 saturated carbocycles. The normalized spacial score (nSPS) is 22.7. The van der Waals surface area contributed by atoms with Crippen molar-refractivity contribution in [3.05, 3.63) is 28.0 Å². The summed E-state index contributed by atoms with van der Waals surface area (Å²) in [6, 6.07) is 1.61. The summed E-state index contributed by atoms with van der Waals surface area (Å²) in [5.41, 5.74) is 0.524. The lowest BCUT2D eigenvalue weighted by Gasteiger charge is -2.37. The second-order valence-corrected chi connectivity index (χ2v) is 5.80. The molecule has 21 heavy (non-hydrogen) atoms. The second-order valence-electron chi connectivity index (χ2n) is 4.85. The number of carbonyl (C=O) groups excluding carboxylic acids is 1. The molecular weight excluding hydrogens is 294 g/mol. The molecule has 6 nitrogen and oxygen atoms in total. The van der Waals surface area contributed by atoms with Gasteiger partial charge in [-0.25, -0.2) is 4.79 Å². The first kappa shape index (κ1) is 15.7. The average Bonchev–Trinajstić information content (AvgIpc) is 2.94. The fourth-order valence-corrected chi connectivity index (χ4v) is 2.86. The van der Waals surface area contributed by atoms with E-state index < -0.39 is 5.97 Å². The van der Waals surface area contributed by atoms with Gasteiger partial charge in [0.2, 0.25) is 0 Å². The molecule has 7 heteroatoms. The molecule has 1 amide bonds. The van der Waals surface area contributed by atoms with Crippen LogP contribution in [0.15, 0.2) is 17.5 Å². The Morgan fingerprint density at radius 3 is 3.00 bits per heavy atom. The van der Waals surface area contributed by atoms with E-state index in [1.54, 1.807) is 16.3 Å². The van der Waals surface area contributed by atoms with Gasteiger partial charge in [-0.05, 0) is 19.1 Å². The molecule has 114 valence electrons. The summed E-state index contributed by atoms with van der Waals surface area (Å²) >= 11 is 1.31. The van der Waals surface area contributed by atoms with Gasteiger partial charge < -0.3 is 19.8 Å². The van der Waals surface area contributed by atoms with Gasteiger partial charge in [0.25, 0.3) is 5.91 Å². The summed E-state index contributed by atoms with van der Waals surface area (Å²) < 4.78 is 5.41. The molecule has 1 fully saturated rings. The van der Waals surface area contributed by atoms with Gasteiger partial charge in [0.15, 0.2) is 0 Å². The van der Waals surface area contributed by atoms with Crippen LogP contribution in [-0.4, -0.2) is 58.9 Å². The number of hydrogen-bond donors (Lipinski definition) is 2. The van der Waals surface area contributed by atoms with Crippen molar-refractivity contribution in [3.63, 3.8) is 0 Å². The number of thiophene rings is 1. The van der Waals surface area contributed by atoms with E-state index in [0.29, 0.717) is 23.6 Å². The zero-order valence-corrected chi connectivity index (χ0v) is 12.4. The summed E-state index contributed by atoms with van der Waals surface area (Å²) in [5.74, 6) is -1.15. The third kappa shape index (κ3) is 3.90. The molecule has 2 unspecified atom stereocenters. The minimum Gasteiger partial charge on any atom is -0.478 e. The Morgan fingerprint density at radius 1 is 1.57 bits per heavy atom. The van der Waals surface area contributed by atoms with Gasteiger partial charge in [-0.15, -0.1) is 11.3 Å². The number of amides is 1. The molecule has 1 aliphatic heterocycles. The summed E-state index contributed by atoms with van der Waals surface area (Å²) in [7, 11) is 0. The van der Waals surface area contributed by atoms with Crippen molar-refractivity contribution >= 4 is 29.3 Å². The Hall–Kier alpha value is -1.70. The highest BCUT2D eigenvalue weighted by molar-refractivity contribution is 7.11. The molecule has 2 atom stereocenters. The van der Waals surface area contributed by atoms with Crippen molar-refractivity contribution in [3.8, 4) is 0 Å². The lowest BCUT2D eigenvalue weighted by Crippen LogP contribution is -2.51. The Balaban J connectivity index is 2.10. The van der Waals surface area contributed by atoms with Gasteiger partial charge in [0.05, 0.1) is 30.9 Å². The maximum absolute atomic E-state index is 12.5. The lowest BCUT2D eigenvalue weighted by atomic mass is 10.1. The number of morpholine rings is 1. The van der Waals surface area contributed by atoms with E-state index in [1.807, 2.05) is 6.92 Å². The van der Waals surface area contributed by atoms with Crippen LogP contribution in [0.5, 0.6) is 0 Å². The van der Waals surface area contributed by atoms with Crippen LogP contribution in [0.4, 0.5) is 0 Å². The minimum atomic E-state index is -1.02. The molecule has 0 spiro atoms. The molecule has 2 rings (SSSR count). The molecule has 1 aromatic heterocycles. The zero-order valence-electron chi connectivity index (χ0n) is 11.6. The van der Waals surface area contributed by atoms with Crippen LogP contribution in [0, 0.1) is 0 Å². The number of rotatable bonds is 4. The number of nitrogens with zero attached hydrogens (tertiary/aromatic N) is 1. The van der Waals surface area contributed by atoms with Crippen LogP contribution in [0.25, 0.3) is 6.08 Å². The number of ether oxygens (including phenoxy) is 1. The Labute approximate surface area is 126 Å². The van der Waals surface area contributed by atoms with Gasteiger partial charge in [-0.1, -0.05) is 0 Å². The van der Waals surface area contributed by atoms with Crippen LogP contribution < -0.4 is 0 Å². The van der Waals surface area contributed by atoms with E-state index in [0.717, 1.165) is 6.08 Å². The highest BCUT2D eigenvalue weighted by atomic mass is 32.1. The third-order valence-corrected chi connectivity index (χ3v) is 4.12. The van der Waals surface area contributed by atoms with Gasteiger partial charge in [-0.2, -0.15) is 0 Å². The highest BCUT2D eigenvalue weighted by Crippen LogP contribution is 2.21. The molecule has 0 bridgehead atoms. The van der Waals surface area contributed by atoms with Crippen LogP contribution >= 0.6 is 11.3 Å². The first-order valence-electron chi connectivity index (χ1n) is 6.54. The van der Waals surface area contributed by atoms with Gasteiger partial charge >= 0.3 is 5.97 Å². The minimum absolute atomic E-state index is 0.0572. The van der Waals surface area contributed by atoms with Crippen molar-refractivity contribution < 1.29 is 24.5 Å². The molecule has 0 aromatic carbocycles. The van der Waals surface area contributed by atoms with Crippen LogP contribution in [0.1, 0.15) is 22.2 Å². The number of carbonyl (C=O) groups is 2. The van der Waals surface area contributed by atoms with Gasteiger partial charge in [0, 0.05) is 22.9 Å². The number of carboxylic acids is 1. The predicted octanol–water partition coefficient (Wildman–Crippen LogP) is 1.07. The van der Waals surface area contributed by atoms with E-state index in [9.17, 15) is 9.59 Å². The van der Waals surface area contributed by atoms with Crippen LogP contribution in [0.2, 0.25) is 0 Å². The van der Waals surface area contributed by atoms with E-state index in [2.05, 4.69) is 0 Å². The standard InChI is InChI=1S/C14H17NO5S/c1-9-7-20-11(6-16)5-15(9)14(19)10-4-12(21-8-10)2-3-13(17)18/h2-4,8-9,11,16H,5-7H2,1H3,(H,17,18)/b3-2+. The maximum Gasteiger partial charge on any atom is 0.328 e. The summed E-state index contributed by atoms with van der Waals surface area (Å²) in [6.45, 7) is 2.52. The SMILES string of the molecule is CC1COC(CO)CN1C(=O)c1csc(/C=C/C(=O)O)c1. The molecule has 1 aromatic rings. The average molecular weight is 311 g/mol. The second kappa shape index (κ2) is 6.84. The molecule has 2 heterocycles. The fourth-order valence-electron chi connectivity index (χ4n) is 2.08. The number of carboxylic acid groups (broad SMARTS) is 1. The smallest absolute Gasteiger partial charge is 0.328 e. The van der Waals surface area contributed by atoms with E-state index in [-0.39, 0.29) is 24.7 Å². The van der Waals surface area contributed by atoms with Crippen molar-refractivity contribution in [2.24, 2.45) is 0 Å². The van der Waals surface area contributed by atoms with Crippen molar-refractivity contribution in [2.75, 3.05) is 19.8 Å². The molecule has 0 radical (unpaired) electrons. The molecular formula is C14H17NO5S. The van der Waals surface area contributed by atoms with Crippen molar-refractivity contribution in [1.82, 2.24) is 4.90 Å². The van der Waals surface area contributed by atoms with Crippen molar-refractivity contribution in [1.29, 1.82) is 0 Å². The Kier molecular flexibility index (Phi) is 5.11. The quantitative estimate of drug-likeness (QED) is 0.812. The topological polar surface area (TPSA) is 87.1 Å². The van der Waals surface area contributed by atoms with E-state index in [4.69, 9.17) is 14.9 Å². The molecule has 1 saturated heterocycles. The molecule has 0 aliphatic carbocycles. The summed E-state index contributed by atoms with van der Waals surface area (Å²) in [5, 5.41) is 19.4. The number of hydrogen-bond acceptors (Lipinski definition) is 5. The Morgan fingerprint density at radius 2 is 2.33 bits per heavy atom. The maximum atomic E-state index is 12.5. The van der Waals surface area contributed by atoms with Crippen LogP contribution in [0.3, 0.4) is 0 Å². The largest absolute Gasteiger partial charge is 0.478 e. The zero-order chi connectivity index (χ0) is 15.4. The monoisotopic (exact) mass is 311 g/mol. The van der Waals surface area contributed by atoms with Gasteiger partial charge in [0.1, 0.15) is 0 Å². The third-order valence-electron chi connectivity index (χ3n) is 3.23. The van der Waals surface area contributed by atoms with E-state index in [1.165, 1.54) is 17.4 Å². The van der Waals surface area contributed by atoms with E-state index >= 15 is 0 Å². The first-order chi connectivity index (χ1) is 10.0. The Bertz CT molecular complexity index is 553. The molecule has 1 aliphatic rings. The first-order valence-corrected chi connectivity index (χ1v) is 7.42. The number of aliphatic hydroxyl groups excluding tert-OH is 1. The highest BCUT2D eigenvalue weighted by Gasteiger charge is 2.30. The fraction of sp³-hybridized carbons (Fsp3) is 0.429. The molecule has 2 N–H and O–H groups in total.